The first-order valence-electron chi connectivity index (χ1n) is 12.2. The summed E-state index contributed by atoms with van der Waals surface area (Å²) in [6.07, 6.45) is 13.8. The smallest absolute Gasteiger partial charge is 0.266 e. The molecule has 0 saturated heterocycles. The van der Waals surface area contributed by atoms with Crippen LogP contribution in [0.25, 0.3) is 11.3 Å². The fraction of sp³-hybridized carbons (Fsp3) is 0.448. The maximum atomic E-state index is 13.1. The van der Waals surface area contributed by atoms with Gasteiger partial charge in [-0.15, -0.1) is 0 Å². The molecule has 3 nitrogen and oxygen atoms in total. The van der Waals surface area contributed by atoms with Crippen LogP contribution in [-0.2, 0) is 11.8 Å². The van der Waals surface area contributed by atoms with Gasteiger partial charge in [-0.3, -0.25) is 4.79 Å². The first-order valence-corrected chi connectivity index (χ1v) is 12.6. The molecule has 4 aliphatic carbocycles. The Balaban J connectivity index is 1.51. The molecular weight excluding hydrogens is 428 g/mol. The van der Waals surface area contributed by atoms with Crippen LogP contribution in [0.1, 0.15) is 62.6 Å². The van der Waals surface area contributed by atoms with Gasteiger partial charge < -0.3 is 4.98 Å². The molecule has 1 fully saturated rings. The van der Waals surface area contributed by atoms with E-state index in [4.69, 9.17) is 11.6 Å². The molecule has 0 bridgehead atoms. The number of nitrogens with zero attached hydrogens (tertiary/aromatic N) is 1. The lowest BCUT2D eigenvalue weighted by Gasteiger charge is -2.56. The Morgan fingerprint density at radius 3 is 2.67 bits per heavy atom. The van der Waals surface area contributed by atoms with E-state index in [1.54, 1.807) is 0 Å². The number of halogens is 1. The van der Waals surface area contributed by atoms with Gasteiger partial charge in [-0.1, -0.05) is 55.8 Å². The highest BCUT2D eigenvalue weighted by atomic mass is 35.5. The highest BCUT2D eigenvalue weighted by Crippen LogP contribution is 2.64. The van der Waals surface area contributed by atoms with E-state index in [-0.39, 0.29) is 16.4 Å². The zero-order chi connectivity index (χ0) is 23.0. The van der Waals surface area contributed by atoms with Crippen molar-refractivity contribution in [3.05, 3.63) is 80.1 Å². The van der Waals surface area contributed by atoms with Crippen LogP contribution in [0.2, 0.25) is 5.02 Å². The monoisotopic (exact) mass is 456 g/mol. The van der Waals surface area contributed by atoms with Crippen LogP contribution in [0.15, 0.2) is 52.9 Å². The molecule has 1 N–H and O–H groups in total. The van der Waals surface area contributed by atoms with Crippen molar-refractivity contribution in [3.63, 3.8) is 0 Å². The molecule has 168 valence electrons. The number of benzene rings is 1. The number of nitriles is 1. The second kappa shape index (κ2) is 7.21. The summed E-state index contributed by atoms with van der Waals surface area (Å²) in [5.41, 5.74) is 5.73. The maximum absolute atomic E-state index is 13.1. The Morgan fingerprint density at radius 1 is 1.12 bits per heavy atom. The van der Waals surface area contributed by atoms with Gasteiger partial charge in [0, 0.05) is 5.02 Å². The summed E-state index contributed by atoms with van der Waals surface area (Å²) >= 11 is 6.14. The lowest BCUT2D eigenvalue weighted by atomic mass is 9.48. The van der Waals surface area contributed by atoms with Gasteiger partial charge in [-0.25, -0.2) is 0 Å². The molecule has 33 heavy (non-hydrogen) atoms. The van der Waals surface area contributed by atoms with Crippen molar-refractivity contribution in [2.45, 2.75) is 57.8 Å². The van der Waals surface area contributed by atoms with Gasteiger partial charge in [0.1, 0.15) is 11.6 Å². The molecule has 0 radical (unpaired) electrons. The van der Waals surface area contributed by atoms with Crippen LogP contribution < -0.4 is 5.56 Å². The number of rotatable bonds is 1. The molecule has 0 spiro atoms. The number of hydrogen-bond donors (Lipinski definition) is 1. The van der Waals surface area contributed by atoms with Crippen LogP contribution in [0.4, 0.5) is 0 Å². The highest BCUT2D eigenvalue weighted by Gasteiger charge is 2.58. The van der Waals surface area contributed by atoms with E-state index in [0.29, 0.717) is 28.3 Å². The quantitative estimate of drug-likeness (QED) is 0.518. The molecule has 4 aliphatic rings. The van der Waals surface area contributed by atoms with E-state index >= 15 is 0 Å². The summed E-state index contributed by atoms with van der Waals surface area (Å²) in [4.78, 5) is 16.2. The van der Waals surface area contributed by atoms with Crippen molar-refractivity contribution in [2.75, 3.05) is 0 Å². The van der Waals surface area contributed by atoms with Crippen molar-refractivity contribution in [1.82, 2.24) is 4.98 Å². The Bertz CT molecular complexity index is 1310. The SMILES string of the molecule is C[C@]12CCC=CC1=CCC1C2CC[C@]2(C)c3c(c(-c4ccc(Cl)cc4)[nH]c(=O)c3C#N)CC12. The summed E-state index contributed by atoms with van der Waals surface area (Å²) in [6.45, 7) is 4.81. The fourth-order valence-electron chi connectivity index (χ4n) is 7.97. The number of hydrogen-bond acceptors (Lipinski definition) is 2. The minimum absolute atomic E-state index is 0.136. The standard InChI is InChI=1S/C29H29ClN2O/c1-28-13-4-3-5-18(28)8-11-20-23(28)12-14-29(2)24(20)15-21-25(29)22(16-31)27(33)32-26(21)17-6-9-19(30)10-7-17/h3,5-10,20,23-24H,4,11-15H2,1-2H3,(H,32,33)/t20?,23?,24?,28-,29-/m0/s1. The number of aromatic nitrogens is 1. The molecule has 3 unspecified atom stereocenters. The van der Waals surface area contributed by atoms with Crippen molar-refractivity contribution < 1.29 is 0 Å². The van der Waals surface area contributed by atoms with Crippen molar-refractivity contribution in [3.8, 4) is 17.3 Å². The highest BCUT2D eigenvalue weighted by molar-refractivity contribution is 6.30. The average Bonchev–Trinajstić information content (AvgIpc) is 3.12. The van der Waals surface area contributed by atoms with Crippen LogP contribution in [0.5, 0.6) is 0 Å². The Kier molecular flexibility index (Phi) is 4.59. The molecule has 0 amide bonds. The van der Waals surface area contributed by atoms with E-state index < -0.39 is 0 Å². The summed E-state index contributed by atoms with van der Waals surface area (Å²) in [5.74, 6) is 1.69. The zero-order valence-electron chi connectivity index (χ0n) is 19.2. The van der Waals surface area contributed by atoms with Crippen LogP contribution in [0, 0.1) is 34.5 Å². The largest absolute Gasteiger partial charge is 0.321 e. The first-order chi connectivity index (χ1) is 15.9. The third-order valence-electron chi connectivity index (χ3n) is 9.60. The Labute approximate surface area is 200 Å². The van der Waals surface area contributed by atoms with Gasteiger partial charge in [0.05, 0.1) is 5.69 Å². The Hall–Kier alpha value is -2.57. The van der Waals surface area contributed by atoms with Crippen molar-refractivity contribution in [2.24, 2.45) is 23.2 Å². The third kappa shape index (κ3) is 2.83. The number of nitrogens with one attached hydrogen (secondary N) is 1. The van der Waals surface area contributed by atoms with Gasteiger partial charge in [0.15, 0.2) is 0 Å². The summed E-state index contributed by atoms with van der Waals surface area (Å²) in [5, 5.41) is 10.7. The molecule has 4 heteroatoms. The summed E-state index contributed by atoms with van der Waals surface area (Å²) in [7, 11) is 0. The molecule has 5 atom stereocenters. The minimum atomic E-state index is -0.264. The zero-order valence-corrected chi connectivity index (χ0v) is 20.0. The number of aromatic amines is 1. The van der Waals surface area contributed by atoms with E-state index in [1.165, 1.54) is 17.6 Å². The maximum Gasteiger partial charge on any atom is 0.266 e. The number of allylic oxidation sites excluding steroid dienone is 4. The second-order valence-electron chi connectivity index (χ2n) is 11.0. The van der Waals surface area contributed by atoms with E-state index in [2.05, 4.69) is 43.1 Å². The first kappa shape index (κ1) is 21.0. The summed E-state index contributed by atoms with van der Waals surface area (Å²) < 4.78 is 0. The van der Waals surface area contributed by atoms with Crippen LogP contribution in [0.3, 0.4) is 0 Å². The number of pyridine rings is 1. The van der Waals surface area contributed by atoms with E-state index in [1.807, 2.05) is 24.3 Å². The second-order valence-corrected chi connectivity index (χ2v) is 11.4. The van der Waals surface area contributed by atoms with Gasteiger partial charge in [-0.05, 0) is 102 Å². The molecule has 2 aromatic rings. The van der Waals surface area contributed by atoms with Crippen LogP contribution >= 0.6 is 11.6 Å². The van der Waals surface area contributed by atoms with Crippen molar-refractivity contribution >= 4 is 11.6 Å². The van der Waals surface area contributed by atoms with Gasteiger partial charge in [0.2, 0.25) is 0 Å². The van der Waals surface area contributed by atoms with E-state index in [9.17, 15) is 10.1 Å². The molecule has 0 aliphatic heterocycles. The predicted octanol–water partition coefficient (Wildman–Crippen LogP) is 6.71. The topological polar surface area (TPSA) is 56.6 Å². The van der Waals surface area contributed by atoms with Gasteiger partial charge in [0.25, 0.3) is 5.56 Å². The summed E-state index contributed by atoms with van der Waals surface area (Å²) in [6, 6.07) is 9.95. The third-order valence-corrected chi connectivity index (χ3v) is 9.85. The van der Waals surface area contributed by atoms with Crippen LogP contribution in [-0.4, -0.2) is 4.98 Å². The molecule has 6 rings (SSSR count). The lowest BCUT2D eigenvalue weighted by molar-refractivity contribution is 0.00848. The average molecular weight is 457 g/mol. The number of H-pyrrole nitrogens is 1. The van der Waals surface area contributed by atoms with Gasteiger partial charge in [-0.2, -0.15) is 5.26 Å². The van der Waals surface area contributed by atoms with E-state index in [0.717, 1.165) is 48.9 Å². The van der Waals surface area contributed by atoms with Gasteiger partial charge >= 0.3 is 0 Å². The van der Waals surface area contributed by atoms with Crippen molar-refractivity contribution in [1.29, 1.82) is 5.26 Å². The fourth-order valence-corrected chi connectivity index (χ4v) is 8.10. The lowest BCUT2D eigenvalue weighted by Crippen LogP contribution is -2.50. The molecule has 1 heterocycles. The molecule has 1 saturated carbocycles. The molecule has 1 aromatic carbocycles. The molecule has 1 aromatic heterocycles. The Morgan fingerprint density at radius 2 is 1.91 bits per heavy atom. The molecular formula is C29H29ClN2O. The number of fused-ring (bicyclic) bond motifs is 7. The minimum Gasteiger partial charge on any atom is -0.321 e. The predicted molar refractivity (Wildman–Crippen MR) is 132 cm³/mol. The normalized spacial score (nSPS) is 33.9.